The summed E-state index contributed by atoms with van der Waals surface area (Å²) in [6.45, 7) is 2.13. The van der Waals surface area contributed by atoms with Crippen LogP contribution in [0.4, 0.5) is 0 Å². The highest BCUT2D eigenvalue weighted by Gasteiger charge is 2.26. The van der Waals surface area contributed by atoms with Gasteiger partial charge in [0.05, 0.1) is 6.10 Å². The van der Waals surface area contributed by atoms with E-state index in [1.807, 2.05) is 24.3 Å². The summed E-state index contributed by atoms with van der Waals surface area (Å²) in [6.07, 6.45) is 17.0. The van der Waals surface area contributed by atoms with E-state index in [0.717, 1.165) is 38.5 Å². The lowest BCUT2D eigenvalue weighted by Crippen LogP contribution is -2.14. The minimum absolute atomic E-state index is 0.0938. The van der Waals surface area contributed by atoms with Crippen LogP contribution >= 0.6 is 0 Å². The molecule has 3 unspecified atom stereocenters. The molecule has 1 rings (SSSR count). The number of carbonyl (C=O) groups excluding carboxylic acids is 1. The molecule has 0 saturated heterocycles. The van der Waals surface area contributed by atoms with Crippen LogP contribution in [0.15, 0.2) is 36.5 Å². The summed E-state index contributed by atoms with van der Waals surface area (Å²) in [5.74, 6) is -0.728. The highest BCUT2D eigenvalue weighted by Crippen LogP contribution is 2.27. The van der Waals surface area contributed by atoms with Crippen molar-refractivity contribution in [3.8, 4) is 0 Å². The fraction of sp³-hybridized carbons (Fsp3) is 0.600. The smallest absolute Gasteiger partial charge is 0.303 e. The Bertz CT molecular complexity index is 476. The van der Waals surface area contributed by atoms with Gasteiger partial charge >= 0.3 is 5.97 Å². The van der Waals surface area contributed by atoms with Crippen LogP contribution in [0, 0.1) is 11.8 Å². The van der Waals surface area contributed by atoms with E-state index in [4.69, 9.17) is 5.11 Å². The average molecular weight is 334 g/mol. The number of aliphatic hydroxyl groups is 1. The monoisotopic (exact) mass is 334 g/mol. The number of carbonyl (C=O) groups is 2. The van der Waals surface area contributed by atoms with E-state index < -0.39 is 12.1 Å². The normalized spacial score (nSPS) is 22.0. The second-order valence-corrected chi connectivity index (χ2v) is 6.39. The van der Waals surface area contributed by atoms with Gasteiger partial charge in [-0.25, -0.2) is 0 Å². The molecular weight excluding hydrogens is 304 g/mol. The lowest BCUT2D eigenvalue weighted by Gasteiger charge is -2.13. The summed E-state index contributed by atoms with van der Waals surface area (Å²) in [5, 5.41) is 18.5. The quantitative estimate of drug-likeness (QED) is 0.417. The van der Waals surface area contributed by atoms with Gasteiger partial charge in [-0.2, -0.15) is 0 Å². The lowest BCUT2D eigenvalue weighted by atomic mass is 9.90. The molecule has 4 nitrogen and oxygen atoms in total. The Hall–Kier alpha value is -1.68. The highest BCUT2D eigenvalue weighted by molar-refractivity contribution is 5.95. The van der Waals surface area contributed by atoms with Crippen LogP contribution in [-0.4, -0.2) is 28.1 Å². The van der Waals surface area contributed by atoms with Crippen LogP contribution in [0.25, 0.3) is 0 Å². The van der Waals surface area contributed by atoms with Gasteiger partial charge in [0.2, 0.25) is 0 Å². The van der Waals surface area contributed by atoms with Crippen molar-refractivity contribution >= 4 is 11.8 Å². The van der Waals surface area contributed by atoms with Gasteiger partial charge in [-0.1, -0.05) is 56.6 Å². The van der Waals surface area contributed by atoms with Crippen molar-refractivity contribution in [3.63, 3.8) is 0 Å². The summed E-state index contributed by atoms with van der Waals surface area (Å²) in [5.41, 5.74) is 0. The summed E-state index contributed by atoms with van der Waals surface area (Å²) in [6, 6.07) is 0. The molecule has 2 N–H and O–H groups in total. The van der Waals surface area contributed by atoms with Crippen LogP contribution in [0.3, 0.4) is 0 Å². The van der Waals surface area contributed by atoms with Crippen LogP contribution in [-0.2, 0) is 9.59 Å². The van der Waals surface area contributed by atoms with Crippen molar-refractivity contribution < 1.29 is 19.8 Å². The van der Waals surface area contributed by atoms with Crippen LogP contribution in [0.1, 0.15) is 58.3 Å². The first-order chi connectivity index (χ1) is 11.5. The minimum Gasteiger partial charge on any atom is -0.481 e. The molecule has 0 aromatic carbocycles. The third kappa shape index (κ3) is 8.25. The molecule has 0 amide bonds. The number of aliphatic carboxylic acids is 1. The van der Waals surface area contributed by atoms with Crippen molar-refractivity contribution in [1.29, 1.82) is 0 Å². The molecule has 0 aromatic heterocycles. The number of rotatable bonds is 12. The average Bonchev–Trinajstić information content (AvgIpc) is 2.89. The van der Waals surface area contributed by atoms with Crippen molar-refractivity contribution in [2.75, 3.05) is 0 Å². The molecule has 0 aromatic rings. The third-order valence-corrected chi connectivity index (χ3v) is 4.28. The maximum atomic E-state index is 12.0. The first-order valence-electron chi connectivity index (χ1n) is 8.99. The molecule has 0 aliphatic heterocycles. The zero-order chi connectivity index (χ0) is 17.8. The SMILES string of the molecule is CCCCCC(O)/C=C/C1C(=O)C=CC1C/C=C\CCCC(=O)O. The predicted molar refractivity (Wildman–Crippen MR) is 95.7 cm³/mol. The predicted octanol–water partition coefficient (Wildman–Crippen LogP) is 4.06. The van der Waals surface area contributed by atoms with E-state index >= 15 is 0 Å². The van der Waals surface area contributed by atoms with E-state index in [1.54, 1.807) is 12.2 Å². The molecule has 134 valence electrons. The van der Waals surface area contributed by atoms with Gasteiger partial charge in [-0.15, -0.1) is 0 Å². The van der Waals surface area contributed by atoms with Crippen molar-refractivity contribution in [3.05, 3.63) is 36.5 Å². The van der Waals surface area contributed by atoms with Crippen molar-refractivity contribution in [1.82, 2.24) is 0 Å². The molecular formula is C20H30O4. The molecule has 0 spiro atoms. The van der Waals surface area contributed by atoms with E-state index in [2.05, 4.69) is 6.92 Å². The van der Waals surface area contributed by atoms with Crippen LogP contribution in [0.2, 0.25) is 0 Å². The molecule has 4 heteroatoms. The molecule has 0 heterocycles. The summed E-state index contributed by atoms with van der Waals surface area (Å²) >= 11 is 0. The fourth-order valence-corrected chi connectivity index (χ4v) is 2.81. The number of hydrogen-bond donors (Lipinski definition) is 2. The summed E-state index contributed by atoms with van der Waals surface area (Å²) < 4.78 is 0. The van der Waals surface area contributed by atoms with E-state index in [0.29, 0.717) is 6.42 Å². The topological polar surface area (TPSA) is 74.6 Å². The van der Waals surface area contributed by atoms with Gasteiger partial charge in [0.15, 0.2) is 5.78 Å². The van der Waals surface area contributed by atoms with Gasteiger partial charge in [0, 0.05) is 12.3 Å². The second kappa shape index (κ2) is 11.8. The number of hydrogen-bond acceptors (Lipinski definition) is 3. The Morgan fingerprint density at radius 1 is 1.29 bits per heavy atom. The van der Waals surface area contributed by atoms with Crippen molar-refractivity contribution in [2.45, 2.75) is 64.4 Å². The standard InChI is InChI=1S/C20H30O4/c1-2-3-6-10-17(21)13-14-18-16(12-15-19(18)22)9-7-4-5-8-11-20(23)24/h4,7,12-18,21H,2-3,5-6,8-11H2,1H3,(H,23,24)/b7-4-,14-13+. The molecule has 1 aliphatic carbocycles. The number of aliphatic hydroxyl groups excluding tert-OH is 1. The van der Waals surface area contributed by atoms with Gasteiger partial charge in [0.25, 0.3) is 0 Å². The third-order valence-electron chi connectivity index (χ3n) is 4.28. The summed E-state index contributed by atoms with van der Waals surface area (Å²) in [7, 11) is 0. The molecule has 24 heavy (non-hydrogen) atoms. The van der Waals surface area contributed by atoms with Gasteiger partial charge < -0.3 is 10.2 Å². The van der Waals surface area contributed by atoms with Crippen LogP contribution < -0.4 is 0 Å². The first-order valence-corrected chi connectivity index (χ1v) is 8.99. The van der Waals surface area contributed by atoms with Gasteiger partial charge in [0.1, 0.15) is 0 Å². The van der Waals surface area contributed by atoms with E-state index in [1.165, 1.54) is 0 Å². The Morgan fingerprint density at radius 2 is 2.08 bits per heavy atom. The fourth-order valence-electron chi connectivity index (χ4n) is 2.81. The van der Waals surface area contributed by atoms with E-state index in [9.17, 15) is 14.7 Å². The minimum atomic E-state index is -0.768. The Morgan fingerprint density at radius 3 is 2.79 bits per heavy atom. The van der Waals surface area contributed by atoms with Crippen molar-refractivity contribution in [2.24, 2.45) is 11.8 Å². The zero-order valence-corrected chi connectivity index (χ0v) is 14.6. The molecule has 1 aliphatic rings. The first kappa shape index (κ1) is 20.4. The molecule has 0 saturated carbocycles. The van der Waals surface area contributed by atoms with Gasteiger partial charge in [-0.05, 0) is 37.7 Å². The zero-order valence-electron chi connectivity index (χ0n) is 14.6. The number of allylic oxidation sites excluding steroid dienone is 5. The van der Waals surface area contributed by atoms with Crippen LogP contribution in [0.5, 0.6) is 0 Å². The van der Waals surface area contributed by atoms with E-state index in [-0.39, 0.29) is 24.0 Å². The largest absolute Gasteiger partial charge is 0.481 e. The Balaban J connectivity index is 2.38. The number of ketones is 1. The second-order valence-electron chi connectivity index (χ2n) is 6.39. The maximum Gasteiger partial charge on any atom is 0.303 e. The summed E-state index contributed by atoms with van der Waals surface area (Å²) in [4.78, 5) is 22.4. The lowest BCUT2D eigenvalue weighted by molar-refractivity contribution is -0.137. The molecule has 0 fully saturated rings. The molecule has 3 atom stereocenters. The van der Waals surface area contributed by atoms with Gasteiger partial charge in [-0.3, -0.25) is 9.59 Å². The Kier molecular flexibility index (Phi) is 10.0. The molecule has 0 bridgehead atoms. The maximum absolute atomic E-state index is 12.0. The number of carboxylic acids is 1. The Labute approximate surface area is 145 Å². The number of carboxylic acid groups (broad SMARTS) is 1. The molecule has 0 radical (unpaired) electrons. The number of unbranched alkanes of at least 4 members (excludes halogenated alkanes) is 3. The highest BCUT2D eigenvalue weighted by atomic mass is 16.4.